The molecule has 7 heteroatoms. The van der Waals surface area contributed by atoms with E-state index in [4.69, 9.17) is 10.00 Å². The first-order valence-electron chi connectivity index (χ1n) is 10.4. The molecule has 31 heavy (non-hydrogen) atoms. The van der Waals surface area contributed by atoms with E-state index < -0.39 is 17.7 Å². The zero-order valence-electron chi connectivity index (χ0n) is 17.4. The summed E-state index contributed by atoms with van der Waals surface area (Å²) in [6, 6.07) is 14.5. The van der Waals surface area contributed by atoms with Crippen molar-refractivity contribution in [2.45, 2.75) is 44.2 Å². The SMILES string of the molecule is C[C@]1(c2ccc3c(c2)CCC3)NC(=O)N(C[C@@H](O)COc2ccc(CC#N)cc2)C1=O. The van der Waals surface area contributed by atoms with Gasteiger partial charge in [0.05, 0.1) is 19.0 Å². The van der Waals surface area contributed by atoms with Gasteiger partial charge in [-0.15, -0.1) is 0 Å². The molecule has 0 saturated carbocycles. The Kier molecular flexibility index (Phi) is 5.66. The molecule has 1 aliphatic carbocycles. The number of amides is 3. The number of aliphatic hydroxyl groups is 1. The van der Waals surface area contributed by atoms with Gasteiger partial charge in [-0.2, -0.15) is 5.26 Å². The number of nitriles is 1. The molecule has 2 aromatic carbocycles. The molecule has 0 unspecified atom stereocenters. The molecule has 7 nitrogen and oxygen atoms in total. The van der Waals surface area contributed by atoms with Gasteiger partial charge in [0.1, 0.15) is 24.0 Å². The number of hydrogen-bond acceptors (Lipinski definition) is 5. The van der Waals surface area contributed by atoms with Gasteiger partial charge in [-0.25, -0.2) is 4.79 Å². The lowest BCUT2D eigenvalue weighted by atomic mass is 9.89. The molecule has 0 aromatic heterocycles. The minimum Gasteiger partial charge on any atom is -0.491 e. The van der Waals surface area contributed by atoms with Crippen LogP contribution in [0.4, 0.5) is 4.79 Å². The number of carbonyl (C=O) groups excluding carboxylic acids is 2. The van der Waals surface area contributed by atoms with Crippen molar-refractivity contribution in [1.29, 1.82) is 5.26 Å². The molecule has 1 heterocycles. The van der Waals surface area contributed by atoms with Crippen molar-refractivity contribution < 1.29 is 19.4 Å². The van der Waals surface area contributed by atoms with Crippen molar-refractivity contribution in [1.82, 2.24) is 10.2 Å². The van der Waals surface area contributed by atoms with E-state index in [1.807, 2.05) is 18.2 Å². The first kappa shape index (κ1) is 20.9. The van der Waals surface area contributed by atoms with E-state index in [2.05, 4.69) is 11.4 Å². The van der Waals surface area contributed by atoms with Crippen LogP contribution in [0.15, 0.2) is 42.5 Å². The Morgan fingerprint density at radius 1 is 1.19 bits per heavy atom. The van der Waals surface area contributed by atoms with Gasteiger partial charge in [0, 0.05) is 0 Å². The van der Waals surface area contributed by atoms with Crippen LogP contribution in [-0.2, 0) is 29.6 Å². The summed E-state index contributed by atoms with van der Waals surface area (Å²) in [6.45, 7) is 1.48. The van der Waals surface area contributed by atoms with Gasteiger partial charge >= 0.3 is 6.03 Å². The number of β-amino-alcohol motifs (C(OH)–C–C–N with tert-alkyl or cyclic N) is 1. The number of aliphatic hydroxyl groups excluding tert-OH is 1. The van der Waals surface area contributed by atoms with Crippen molar-refractivity contribution in [2.24, 2.45) is 0 Å². The topological polar surface area (TPSA) is 103 Å². The Hall–Kier alpha value is -3.37. The Balaban J connectivity index is 1.39. The maximum absolute atomic E-state index is 13.1. The molecule has 3 amide bonds. The van der Waals surface area contributed by atoms with Crippen LogP contribution in [-0.4, -0.2) is 41.2 Å². The summed E-state index contributed by atoms with van der Waals surface area (Å²) in [6.07, 6.45) is 2.42. The molecule has 160 valence electrons. The Morgan fingerprint density at radius 3 is 2.68 bits per heavy atom. The molecule has 1 saturated heterocycles. The van der Waals surface area contributed by atoms with E-state index in [-0.39, 0.29) is 19.1 Å². The number of imide groups is 1. The van der Waals surface area contributed by atoms with Crippen LogP contribution in [0.1, 0.15) is 35.6 Å². The van der Waals surface area contributed by atoms with E-state index in [1.54, 1.807) is 31.2 Å². The minimum atomic E-state index is -1.15. The molecule has 1 fully saturated rings. The quantitative estimate of drug-likeness (QED) is 0.671. The van der Waals surface area contributed by atoms with Crippen LogP contribution in [0.2, 0.25) is 0 Å². The van der Waals surface area contributed by atoms with Crippen LogP contribution < -0.4 is 10.1 Å². The van der Waals surface area contributed by atoms with Crippen molar-refractivity contribution in [3.63, 3.8) is 0 Å². The summed E-state index contributed by atoms with van der Waals surface area (Å²) in [5, 5.41) is 21.9. The fraction of sp³-hybridized carbons (Fsp3) is 0.375. The van der Waals surface area contributed by atoms with Crippen molar-refractivity contribution in [3.05, 3.63) is 64.7 Å². The monoisotopic (exact) mass is 419 g/mol. The van der Waals surface area contributed by atoms with Crippen LogP contribution in [0.3, 0.4) is 0 Å². The molecule has 2 atom stereocenters. The third kappa shape index (κ3) is 4.12. The first-order valence-corrected chi connectivity index (χ1v) is 10.4. The number of rotatable bonds is 7. The number of aryl methyl sites for hydroxylation is 2. The predicted octanol–water partition coefficient (Wildman–Crippen LogP) is 2.45. The van der Waals surface area contributed by atoms with Gasteiger partial charge in [0.25, 0.3) is 5.91 Å². The number of nitrogens with zero attached hydrogens (tertiary/aromatic N) is 2. The van der Waals surface area contributed by atoms with Crippen LogP contribution in [0, 0.1) is 11.3 Å². The molecule has 0 spiro atoms. The molecule has 2 aromatic rings. The fourth-order valence-corrected chi connectivity index (χ4v) is 4.19. The van der Waals surface area contributed by atoms with Gasteiger partial charge in [0.2, 0.25) is 0 Å². The van der Waals surface area contributed by atoms with Gasteiger partial charge in [0.15, 0.2) is 0 Å². The second kappa shape index (κ2) is 8.40. The third-order valence-electron chi connectivity index (χ3n) is 5.99. The number of nitrogens with one attached hydrogen (secondary N) is 1. The van der Waals surface area contributed by atoms with Gasteiger partial charge < -0.3 is 15.2 Å². The largest absolute Gasteiger partial charge is 0.491 e. The summed E-state index contributed by atoms with van der Waals surface area (Å²) < 4.78 is 5.57. The van der Waals surface area contributed by atoms with E-state index >= 15 is 0 Å². The molecule has 0 bridgehead atoms. The van der Waals surface area contributed by atoms with Crippen molar-refractivity contribution in [2.75, 3.05) is 13.2 Å². The molecular weight excluding hydrogens is 394 g/mol. The maximum Gasteiger partial charge on any atom is 0.325 e. The van der Waals surface area contributed by atoms with Crippen LogP contribution >= 0.6 is 0 Å². The maximum atomic E-state index is 13.1. The van der Waals surface area contributed by atoms with Gasteiger partial charge in [-0.3, -0.25) is 9.69 Å². The predicted molar refractivity (Wildman–Crippen MR) is 113 cm³/mol. The third-order valence-corrected chi connectivity index (χ3v) is 5.99. The summed E-state index contributed by atoms with van der Waals surface area (Å²) in [5.74, 6) is 0.163. The number of fused-ring (bicyclic) bond motifs is 1. The molecule has 2 aliphatic rings. The second-order valence-corrected chi connectivity index (χ2v) is 8.25. The van der Waals surface area contributed by atoms with E-state index in [1.165, 1.54) is 11.1 Å². The Labute approximate surface area is 181 Å². The number of ether oxygens (including phenoxy) is 1. The van der Waals surface area contributed by atoms with Crippen molar-refractivity contribution in [3.8, 4) is 11.8 Å². The smallest absolute Gasteiger partial charge is 0.325 e. The molecule has 0 radical (unpaired) electrons. The van der Waals surface area contributed by atoms with E-state index in [0.29, 0.717) is 12.2 Å². The number of urea groups is 1. The van der Waals surface area contributed by atoms with Gasteiger partial charge in [-0.1, -0.05) is 30.3 Å². The van der Waals surface area contributed by atoms with Gasteiger partial charge in [-0.05, 0) is 60.6 Å². The molecule has 4 rings (SSSR count). The lowest BCUT2D eigenvalue weighted by molar-refractivity contribution is -0.132. The zero-order chi connectivity index (χ0) is 22.0. The molecular formula is C24H25N3O4. The lowest BCUT2D eigenvalue weighted by Crippen LogP contribution is -2.42. The summed E-state index contributed by atoms with van der Waals surface area (Å²) in [7, 11) is 0. The number of benzene rings is 2. The molecule has 1 aliphatic heterocycles. The highest BCUT2D eigenvalue weighted by atomic mass is 16.5. The van der Waals surface area contributed by atoms with Crippen LogP contribution in [0.25, 0.3) is 0 Å². The fourth-order valence-electron chi connectivity index (χ4n) is 4.19. The highest BCUT2D eigenvalue weighted by Gasteiger charge is 2.49. The Bertz CT molecular complexity index is 1040. The number of carbonyl (C=O) groups is 2. The minimum absolute atomic E-state index is 0.0653. The lowest BCUT2D eigenvalue weighted by Gasteiger charge is -2.24. The highest BCUT2D eigenvalue weighted by Crippen LogP contribution is 2.32. The highest BCUT2D eigenvalue weighted by molar-refractivity contribution is 6.07. The van der Waals surface area contributed by atoms with Crippen molar-refractivity contribution >= 4 is 11.9 Å². The average Bonchev–Trinajstić information content (AvgIpc) is 3.32. The average molecular weight is 419 g/mol. The standard InChI is InChI=1S/C24H25N3O4/c1-24(19-8-7-17-3-2-4-18(17)13-19)22(29)27(23(30)26-24)14-20(28)15-31-21-9-5-16(6-10-21)11-12-25/h5-10,13,20,28H,2-4,11,14-15H2,1H3,(H,26,30)/t20-,24-/m1/s1. The first-order chi connectivity index (χ1) is 14.9. The molecule has 2 N–H and O–H groups in total. The number of hydrogen-bond donors (Lipinski definition) is 2. The second-order valence-electron chi connectivity index (χ2n) is 8.25. The summed E-state index contributed by atoms with van der Waals surface area (Å²) in [4.78, 5) is 26.7. The summed E-state index contributed by atoms with van der Waals surface area (Å²) in [5.41, 5.74) is 3.02. The summed E-state index contributed by atoms with van der Waals surface area (Å²) >= 11 is 0. The van der Waals surface area contributed by atoms with Crippen LogP contribution in [0.5, 0.6) is 5.75 Å². The Morgan fingerprint density at radius 2 is 1.94 bits per heavy atom. The zero-order valence-corrected chi connectivity index (χ0v) is 17.4. The van der Waals surface area contributed by atoms with E-state index in [9.17, 15) is 14.7 Å². The normalized spacial score (nSPS) is 20.9. The van der Waals surface area contributed by atoms with E-state index in [0.717, 1.165) is 35.3 Å².